The number of nitrogens with one attached hydrogen (secondary N) is 2. The molecular formula is C21H29N3O3. The van der Waals surface area contributed by atoms with E-state index < -0.39 is 0 Å². The molecule has 0 saturated heterocycles. The average molecular weight is 371 g/mol. The van der Waals surface area contributed by atoms with Crippen molar-refractivity contribution in [2.75, 3.05) is 27.9 Å². The molecule has 0 aliphatic carbocycles. The van der Waals surface area contributed by atoms with E-state index in [4.69, 9.17) is 14.2 Å². The lowest BCUT2D eigenvalue weighted by atomic mass is 10.1. The summed E-state index contributed by atoms with van der Waals surface area (Å²) < 4.78 is 16.3. The zero-order valence-corrected chi connectivity index (χ0v) is 16.8. The Bertz CT molecular complexity index is 758. The molecule has 0 unspecified atom stereocenters. The van der Waals surface area contributed by atoms with Gasteiger partial charge in [0.15, 0.2) is 17.5 Å². The van der Waals surface area contributed by atoms with E-state index in [-0.39, 0.29) is 0 Å². The Labute approximate surface area is 161 Å². The molecule has 0 amide bonds. The second-order valence-corrected chi connectivity index (χ2v) is 6.03. The van der Waals surface area contributed by atoms with Gasteiger partial charge in [-0.15, -0.1) is 0 Å². The lowest BCUT2D eigenvalue weighted by Crippen LogP contribution is -2.36. The normalized spacial score (nSPS) is 11.1. The van der Waals surface area contributed by atoms with Crippen molar-refractivity contribution in [2.45, 2.75) is 26.9 Å². The standard InChI is InChI=1S/C21H29N3O3/c1-6-22-21(23-13-16-9-7-15(2)8-10-16)24-14-17-11-12-18(25-3)20(27-5)19(17)26-4/h7-12H,6,13-14H2,1-5H3,(H2,22,23,24). The summed E-state index contributed by atoms with van der Waals surface area (Å²) in [5.41, 5.74) is 3.37. The van der Waals surface area contributed by atoms with Gasteiger partial charge in [0, 0.05) is 18.7 Å². The van der Waals surface area contributed by atoms with Gasteiger partial charge in [-0.3, -0.25) is 0 Å². The van der Waals surface area contributed by atoms with Crippen LogP contribution in [0.4, 0.5) is 0 Å². The first-order valence-electron chi connectivity index (χ1n) is 8.98. The van der Waals surface area contributed by atoms with Crippen molar-refractivity contribution in [3.05, 3.63) is 53.1 Å². The minimum atomic E-state index is 0.545. The predicted octanol–water partition coefficient (Wildman–Crippen LogP) is 3.28. The molecule has 0 spiro atoms. The van der Waals surface area contributed by atoms with Crippen molar-refractivity contribution < 1.29 is 14.2 Å². The molecule has 0 bridgehead atoms. The summed E-state index contributed by atoms with van der Waals surface area (Å²) in [4.78, 5) is 4.66. The number of guanidine groups is 1. The molecule has 2 aromatic rings. The van der Waals surface area contributed by atoms with E-state index in [9.17, 15) is 0 Å². The fraction of sp³-hybridized carbons (Fsp3) is 0.381. The fourth-order valence-corrected chi connectivity index (χ4v) is 2.69. The summed E-state index contributed by atoms with van der Waals surface area (Å²) in [6, 6.07) is 12.2. The van der Waals surface area contributed by atoms with E-state index in [0.29, 0.717) is 30.3 Å². The van der Waals surface area contributed by atoms with Crippen molar-refractivity contribution in [3.63, 3.8) is 0 Å². The van der Waals surface area contributed by atoms with E-state index in [1.54, 1.807) is 21.3 Å². The number of methoxy groups -OCH3 is 3. The largest absolute Gasteiger partial charge is 0.493 e. The van der Waals surface area contributed by atoms with Crippen LogP contribution in [0.1, 0.15) is 23.6 Å². The second-order valence-electron chi connectivity index (χ2n) is 6.03. The van der Waals surface area contributed by atoms with Gasteiger partial charge < -0.3 is 24.8 Å². The van der Waals surface area contributed by atoms with Crippen LogP contribution >= 0.6 is 0 Å². The number of aliphatic imine (C=N–C) groups is 1. The fourth-order valence-electron chi connectivity index (χ4n) is 2.69. The Kier molecular flexibility index (Phi) is 7.79. The van der Waals surface area contributed by atoms with Crippen LogP contribution in [0.2, 0.25) is 0 Å². The molecule has 2 aromatic carbocycles. The summed E-state index contributed by atoms with van der Waals surface area (Å²) in [6.07, 6.45) is 0. The number of aryl methyl sites for hydroxylation is 1. The van der Waals surface area contributed by atoms with Crippen LogP contribution in [0.25, 0.3) is 0 Å². The molecule has 0 aliphatic rings. The number of hydrogen-bond acceptors (Lipinski definition) is 4. The van der Waals surface area contributed by atoms with Gasteiger partial charge in [-0.2, -0.15) is 0 Å². The highest BCUT2D eigenvalue weighted by Crippen LogP contribution is 2.39. The van der Waals surface area contributed by atoms with Gasteiger partial charge in [-0.1, -0.05) is 29.8 Å². The van der Waals surface area contributed by atoms with E-state index in [1.807, 2.05) is 19.1 Å². The number of rotatable bonds is 8. The van der Waals surface area contributed by atoms with E-state index in [2.05, 4.69) is 46.8 Å². The highest BCUT2D eigenvalue weighted by Gasteiger charge is 2.15. The number of benzene rings is 2. The molecule has 6 heteroatoms. The van der Waals surface area contributed by atoms with Gasteiger partial charge in [0.05, 0.1) is 27.9 Å². The molecule has 0 aromatic heterocycles. The third-order valence-corrected chi connectivity index (χ3v) is 4.12. The zero-order chi connectivity index (χ0) is 19.6. The highest BCUT2D eigenvalue weighted by atomic mass is 16.5. The van der Waals surface area contributed by atoms with Crippen LogP contribution in [0.3, 0.4) is 0 Å². The quantitative estimate of drug-likeness (QED) is 0.551. The number of ether oxygens (including phenoxy) is 3. The maximum absolute atomic E-state index is 5.54. The lowest BCUT2D eigenvalue weighted by Gasteiger charge is -2.17. The SMILES string of the molecule is CCNC(=NCc1ccc(C)cc1)NCc1ccc(OC)c(OC)c1OC. The van der Waals surface area contributed by atoms with E-state index in [0.717, 1.165) is 18.1 Å². The van der Waals surface area contributed by atoms with Crippen LogP contribution in [0.15, 0.2) is 41.4 Å². The smallest absolute Gasteiger partial charge is 0.203 e. The first kappa shape index (κ1) is 20.4. The summed E-state index contributed by atoms with van der Waals surface area (Å²) in [5.74, 6) is 2.62. The van der Waals surface area contributed by atoms with Crippen LogP contribution < -0.4 is 24.8 Å². The maximum Gasteiger partial charge on any atom is 0.203 e. The molecule has 0 atom stereocenters. The number of hydrogen-bond donors (Lipinski definition) is 2. The maximum atomic E-state index is 5.54. The zero-order valence-electron chi connectivity index (χ0n) is 16.8. The molecule has 0 saturated carbocycles. The van der Waals surface area contributed by atoms with Crippen LogP contribution in [0.5, 0.6) is 17.2 Å². The van der Waals surface area contributed by atoms with Gasteiger partial charge in [0.2, 0.25) is 5.75 Å². The minimum Gasteiger partial charge on any atom is -0.493 e. The topological polar surface area (TPSA) is 64.1 Å². The minimum absolute atomic E-state index is 0.545. The molecule has 146 valence electrons. The van der Waals surface area contributed by atoms with Crippen molar-refractivity contribution in [3.8, 4) is 17.2 Å². The predicted molar refractivity (Wildman–Crippen MR) is 109 cm³/mol. The first-order valence-corrected chi connectivity index (χ1v) is 8.98. The van der Waals surface area contributed by atoms with Gasteiger partial charge in [-0.25, -0.2) is 4.99 Å². The van der Waals surface area contributed by atoms with Crippen LogP contribution in [-0.4, -0.2) is 33.8 Å². The monoisotopic (exact) mass is 371 g/mol. The summed E-state index contributed by atoms with van der Waals surface area (Å²) in [7, 11) is 4.83. The Morgan fingerprint density at radius 1 is 0.889 bits per heavy atom. The summed E-state index contributed by atoms with van der Waals surface area (Å²) >= 11 is 0. The van der Waals surface area contributed by atoms with Crippen molar-refractivity contribution >= 4 is 5.96 Å². The van der Waals surface area contributed by atoms with Crippen molar-refractivity contribution in [1.82, 2.24) is 10.6 Å². The van der Waals surface area contributed by atoms with E-state index >= 15 is 0 Å². The molecule has 6 nitrogen and oxygen atoms in total. The van der Waals surface area contributed by atoms with Crippen molar-refractivity contribution in [1.29, 1.82) is 0 Å². The Hall–Kier alpha value is -2.89. The van der Waals surface area contributed by atoms with Gasteiger partial charge in [0.1, 0.15) is 0 Å². The molecule has 0 fully saturated rings. The Balaban J connectivity index is 2.13. The molecule has 2 N–H and O–H groups in total. The molecule has 0 heterocycles. The second kappa shape index (κ2) is 10.3. The molecular weight excluding hydrogens is 342 g/mol. The van der Waals surface area contributed by atoms with Crippen molar-refractivity contribution in [2.24, 2.45) is 4.99 Å². The van der Waals surface area contributed by atoms with Crippen LogP contribution in [-0.2, 0) is 13.1 Å². The van der Waals surface area contributed by atoms with Gasteiger partial charge >= 0.3 is 0 Å². The first-order chi connectivity index (χ1) is 13.1. The summed E-state index contributed by atoms with van der Waals surface area (Å²) in [6.45, 7) is 6.06. The third-order valence-electron chi connectivity index (χ3n) is 4.12. The lowest BCUT2D eigenvalue weighted by molar-refractivity contribution is 0.322. The van der Waals surface area contributed by atoms with E-state index in [1.165, 1.54) is 11.1 Å². The molecule has 27 heavy (non-hydrogen) atoms. The summed E-state index contributed by atoms with van der Waals surface area (Å²) in [5, 5.41) is 6.61. The Morgan fingerprint density at radius 2 is 1.59 bits per heavy atom. The molecule has 2 rings (SSSR count). The molecule has 0 aliphatic heterocycles. The third kappa shape index (κ3) is 5.54. The van der Waals surface area contributed by atoms with Gasteiger partial charge in [0.25, 0.3) is 0 Å². The average Bonchev–Trinajstić information content (AvgIpc) is 2.70. The number of nitrogens with zero attached hydrogens (tertiary/aromatic N) is 1. The van der Waals surface area contributed by atoms with Gasteiger partial charge in [-0.05, 0) is 31.5 Å². The highest BCUT2D eigenvalue weighted by molar-refractivity contribution is 5.79. The van der Waals surface area contributed by atoms with Crippen LogP contribution in [0, 0.1) is 6.92 Å². The molecule has 0 radical (unpaired) electrons. The Morgan fingerprint density at radius 3 is 2.19 bits per heavy atom.